The Balaban J connectivity index is 0.000000411. The number of ether oxygens (including phenoxy) is 3. The first kappa shape index (κ1) is 16.1. The van der Waals surface area contributed by atoms with Gasteiger partial charge < -0.3 is 19.0 Å². The Hall–Kier alpha value is -1.91. The standard InChI is InChI=1S/C9H12O3.C4H9NO/c1-10-7-4-8(11-2)6-9(5-7)12-3;1-4(2)5-6-3/h4-6H,1-3H3;1-3H3. The highest BCUT2D eigenvalue weighted by atomic mass is 16.6. The van der Waals surface area contributed by atoms with Gasteiger partial charge in [0.05, 0.1) is 27.0 Å². The summed E-state index contributed by atoms with van der Waals surface area (Å²) >= 11 is 0. The molecule has 102 valence electrons. The Kier molecular flexibility index (Phi) is 8.18. The van der Waals surface area contributed by atoms with Crippen LogP contribution in [0.15, 0.2) is 23.4 Å². The van der Waals surface area contributed by atoms with Gasteiger partial charge in [0.2, 0.25) is 0 Å². The van der Waals surface area contributed by atoms with Crippen molar-refractivity contribution in [2.24, 2.45) is 5.16 Å². The lowest BCUT2D eigenvalue weighted by Gasteiger charge is -2.06. The van der Waals surface area contributed by atoms with E-state index < -0.39 is 0 Å². The summed E-state index contributed by atoms with van der Waals surface area (Å²) in [7, 11) is 6.35. The summed E-state index contributed by atoms with van der Waals surface area (Å²) in [4.78, 5) is 4.39. The molecule has 0 unspecified atom stereocenters. The Bertz CT molecular complexity index is 318. The molecule has 1 aromatic rings. The van der Waals surface area contributed by atoms with Gasteiger partial charge in [0, 0.05) is 18.2 Å². The average molecular weight is 255 g/mol. The zero-order valence-corrected chi connectivity index (χ0v) is 11.8. The SMILES string of the molecule is CON=C(C)C.COc1cc(OC)cc(OC)c1. The highest BCUT2D eigenvalue weighted by Crippen LogP contribution is 2.26. The first-order valence-electron chi connectivity index (χ1n) is 5.38. The predicted octanol–water partition coefficient (Wildman–Crippen LogP) is 2.74. The third-order valence-corrected chi connectivity index (χ3v) is 1.83. The van der Waals surface area contributed by atoms with Crippen LogP contribution in [0, 0.1) is 0 Å². The fraction of sp³-hybridized carbons (Fsp3) is 0.462. The van der Waals surface area contributed by atoms with E-state index in [9.17, 15) is 0 Å². The Morgan fingerprint density at radius 3 is 1.22 bits per heavy atom. The van der Waals surface area contributed by atoms with Crippen molar-refractivity contribution >= 4 is 5.71 Å². The largest absolute Gasteiger partial charge is 0.496 e. The number of methoxy groups -OCH3 is 3. The average Bonchev–Trinajstić information content (AvgIpc) is 2.38. The molecule has 0 aliphatic heterocycles. The minimum atomic E-state index is 0.728. The fourth-order valence-corrected chi connectivity index (χ4v) is 1.08. The van der Waals surface area contributed by atoms with Crippen molar-refractivity contribution in [1.82, 2.24) is 0 Å². The second-order valence-electron chi connectivity index (χ2n) is 3.47. The van der Waals surface area contributed by atoms with Gasteiger partial charge in [-0.2, -0.15) is 0 Å². The molecule has 0 heterocycles. The molecule has 1 aromatic carbocycles. The van der Waals surface area contributed by atoms with Crippen LogP contribution < -0.4 is 14.2 Å². The van der Waals surface area contributed by atoms with E-state index in [-0.39, 0.29) is 0 Å². The van der Waals surface area contributed by atoms with E-state index in [1.54, 1.807) is 39.5 Å². The van der Waals surface area contributed by atoms with E-state index in [4.69, 9.17) is 14.2 Å². The topological polar surface area (TPSA) is 49.3 Å². The number of oxime groups is 1. The normalized spacial score (nSPS) is 8.56. The quantitative estimate of drug-likeness (QED) is 0.613. The second-order valence-corrected chi connectivity index (χ2v) is 3.47. The van der Waals surface area contributed by atoms with E-state index in [2.05, 4.69) is 9.99 Å². The molecule has 18 heavy (non-hydrogen) atoms. The molecule has 0 amide bonds. The number of benzene rings is 1. The maximum atomic E-state index is 5.04. The van der Waals surface area contributed by atoms with E-state index in [0.717, 1.165) is 23.0 Å². The Labute approximate surface area is 108 Å². The lowest BCUT2D eigenvalue weighted by Crippen LogP contribution is -1.89. The summed E-state index contributed by atoms with van der Waals surface area (Å²) in [5, 5.41) is 3.54. The van der Waals surface area contributed by atoms with Crippen LogP contribution in [0.3, 0.4) is 0 Å². The first-order valence-corrected chi connectivity index (χ1v) is 5.38. The minimum absolute atomic E-state index is 0.728. The molecule has 0 radical (unpaired) electrons. The molecule has 0 N–H and O–H groups in total. The van der Waals surface area contributed by atoms with Gasteiger partial charge in [-0.15, -0.1) is 0 Å². The highest BCUT2D eigenvalue weighted by molar-refractivity contribution is 5.78. The van der Waals surface area contributed by atoms with Crippen molar-refractivity contribution < 1.29 is 19.0 Å². The van der Waals surface area contributed by atoms with E-state index >= 15 is 0 Å². The molecule has 0 bridgehead atoms. The summed E-state index contributed by atoms with van der Waals surface area (Å²) in [6.45, 7) is 3.76. The summed E-state index contributed by atoms with van der Waals surface area (Å²) in [5.74, 6) is 2.18. The smallest absolute Gasteiger partial charge is 0.126 e. The Morgan fingerprint density at radius 2 is 1.11 bits per heavy atom. The molecule has 0 saturated carbocycles. The van der Waals surface area contributed by atoms with Crippen LogP contribution in [0.4, 0.5) is 0 Å². The monoisotopic (exact) mass is 255 g/mol. The van der Waals surface area contributed by atoms with Crippen LogP contribution >= 0.6 is 0 Å². The van der Waals surface area contributed by atoms with Crippen molar-refractivity contribution in [2.45, 2.75) is 13.8 Å². The Morgan fingerprint density at radius 1 is 0.778 bits per heavy atom. The van der Waals surface area contributed by atoms with Crippen LogP contribution in [0.5, 0.6) is 17.2 Å². The van der Waals surface area contributed by atoms with Gasteiger partial charge in [0.1, 0.15) is 24.4 Å². The number of rotatable bonds is 4. The molecule has 0 atom stereocenters. The summed E-state index contributed by atoms with van der Waals surface area (Å²) in [6.07, 6.45) is 0. The molecule has 1 rings (SSSR count). The minimum Gasteiger partial charge on any atom is -0.496 e. The van der Waals surface area contributed by atoms with Gasteiger partial charge in [0.15, 0.2) is 0 Å². The van der Waals surface area contributed by atoms with Gasteiger partial charge in [-0.1, -0.05) is 5.16 Å². The zero-order chi connectivity index (χ0) is 14.0. The van der Waals surface area contributed by atoms with Crippen molar-refractivity contribution in [1.29, 1.82) is 0 Å². The number of hydrogen-bond donors (Lipinski definition) is 0. The maximum Gasteiger partial charge on any atom is 0.126 e. The van der Waals surface area contributed by atoms with Gasteiger partial charge in [-0.05, 0) is 13.8 Å². The van der Waals surface area contributed by atoms with Crippen LogP contribution in [-0.4, -0.2) is 34.2 Å². The fourth-order valence-electron chi connectivity index (χ4n) is 1.08. The third-order valence-electron chi connectivity index (χ3n) is 1.83. The summed E-state index contributed by atoms with van der Waals surface area (Å²) < 4.78 is 15.1. The summed E-state index contributed by atoms with van der Waals surface area (Å²) in [6, 6.07) is 5.38. The second kappa shape index (κ2) is 9.15. The number of nitrogens with zero attached hydrogens (tertiary/aromatic N) is 1. The number of hydrogen-bond acceptors (Lipinski definition) is 5. The van der Waals surface area contributed by atoms with Crippen LogP contribution in [0.1, 0.15) is 13.8 Å². The third kappa shape index (κ3) is 6.62. The first-order chi connectivity index (χ1) is 8.57. The maximum absolute atomic E-state index is 5.04. The van der Waals surface area contributed by atoms with Crippen molar-refractivity contribution in [3.8, 4) is 17.2 Å². The van der Waals surface area contributed by atoms with Crippen LogP contribution in [-0.2, 0) is 4.84 Å². The van der Waals surface area contributed by atoms with E-state index in [1.807, 2.05) is 13.8 Å². The molecule has 0 aliphatic rings. The molecular weight excluding hydrogens is 234 g/mol. The molecule has 0 aliphatic carbocycles. The summed E-state index contributed by atoms with van der Waals surface area (Å²) in [5.41, 5.74) is 0.942. The van der Waals surface area contributed by atoms with Crippen molar-refractivity contribution in [2.75, 3.05) is 28.4 Å². The van der Waals surface area contributed by atoms with Gasteiger partial charge in [0.25, 0.3) is 0 Å². The predicted molar refractivity (Wildman–Crippen MR) is 71.9 cm³/mol. The van der Waals surface area contributed by atoms with Gasteiger partial charge in [-0.3, -0.25) is 0 Å². The molecule has 0 aromatic heterocycles. The van der Waals surface area contributed by atoms with Crippen LogP contribution in [0.25, 0.3) is 0 Å². The van der Waals surface area contributed by atoms with E-state index in [0.29, 0.717) is 0 Å². The molecule has 0 fully saturated rings. The molecule has 0 saturated heterocycles. The van der Waals surface area contributed by atoms with Crippen LogP contribution in [0.2, 0.25) is 0 Å². The molecule has 5 heteroatoms. The zero-order valence-electron chi connectivity index (χ0n) is 11.8. The van der Waals surface area contributed by atoms with E-state index in [1.165, 1.54) is 7.11 Å². The molecule has 5 nitrogen and oxygen atoms in total. The lowest BCUT2D eigenvalue weighted by atomic mass is 10.3. The van der Waals surface area contributed by atoms with Crippen molar-refractivity contribution in [3.05, 3.63) is 18.2 Å². The van der Waals surface area contributed by atoms with Crippen molar-refractivity contribution in [3.63, 3.8) is 0 Å². The van der Waals surface area contributed by atoms with Gasteiger partial charge >= 0.3 is 0 Å². The molecular formula is C13H21NO4. The highest BCUT2D eigenvalue weighted by Gasteiger charge is 2.00. The lowest BCUT2D eigenvalue weighted by molar-refractivity contribution is 0.213. The van der Waals surface area contributed by atoms with Gasteiger partial charge in [-0.25, -0.2) is 0 Å². The molecule has 0 spiro atoms.